The molecule has 0 spiro atoms. The van der Waals surface area contributed by atoms with Crippen molar-refractivity contribution in [1.82, 2.24) is 20.3 Å². The predicted molar refractivity (Wildman–Crippen MR) is 48.0 cm³/mol. The summed E-state index contributed by atoms with van der Waals surface area (Å²) in [6.45, 7) is 1.73. The third-order valence-electron chi connectivity index (χ3n) is 2.33. The van der Waals surface area contributed by atoms with E-state index in [1.165, 1.54) is 12.6 Å². The fourth-order valence-corrected chi connectivity index (χ4v) is 1.62. The lowest BCUT2D eigenvalue weighted by Gasteiger charge is -2.08. The van der Waals surface area contributed by atoms with E-state index in [0.717, 1.165) is 13.0 Å². The highest BCUT2D eigenvalue weighted by Crippen LogP contribution is 2.06. The summed E-state index contributed by atoms with van der Waals surface area (Å²) in [6, 6.07) is 0.401. The zero-order valence-electron chi connectivity index (χ0n) is 7.68. The van der Waals surface area contributed by atoms with Crippen LogP contribution >= 0.6 is 0 Å². The average molecular weight is 196 g/mol. The van der Waals surface area contributed by atoms with Gasteiger partial charge in [0, 0.05) is 6.04 Å². The maximum atomic E-state index is 10.5. The largest absolute Gasteiger partial charge is 0.476 e. The highest BCUT2D eigenvalue weighted by atomic mass is 16.4. The van der Waals surface area contributed by atoms with E-state index in [-0.39, 0.29) is 5.69 Å². The fraction of sp³-hybridized carbons (Fsp3) is 0.625. The van der Waals surface area contributed by atoms with Crippen molar-refractivity contribution in [2.75, 3.05) is 6.54 Å². The van der Waals surface area contributed by atoms with Gasteiger partial charge >= 0.3 is 5.97 Å². The van der Waals surface area contributed by atoms with E-state index >= 15 is 0 Å². The minimum Gasteiger partial charge on any atom is -0.476 e. The van der Waals surface area contributed by atoms with Gasteiger partial charge in [-0.3, -0.25) is 4.68 Å². The van der Waals surface area contributed by atoms with E-state index in [4.69, 9.17) is 5.11 Å². The summed E-state index contributed by atoms with van der Waals surface area (Å²) < 4.78 is 1.58. The van der Waals surface area contributed by atoms with E-state index in [2.05, 4.69) is 15.6 Å². The van der Waals surface area contributed by atoms with Crippen molar-refractivity contribution < 1.29 is 9.90 Å². The molecule has 1 saturated heterocycles. The second-order valence-corrected chi connectivity index (χ2v) is 3.42. The molecule has 0 unspecified atom stereocenters. The Kier molecular flexibility index (Phi) is 2.45. The highest BCUT2D eigenvalue weighted by molar-refractivity contribution is 5.84. The van der Waals surface area contributed by atoms with Gasteiger partial charge in [-0.2, -0.15) is 0 Å². The van der Waals surface area contributed by atoms with Gasteiger partial charge in [-0.25, -0.2) is 4.79 Å². The number of carbonyl (C=O) groups is 1. The summed E-state index contributed by atoms with van der Waals surface area (Å²) in [4.78, 5) is 10.5. The molecule has 1 aliphatic heterocycles. The molecule has 0 radical (unpaired) electrons. The number of aromatic nitrogens is 3. The third-order valence-corrected chi connectivity index (χ3v) is 2.33. The van der Waals surface area contributed by atoms with E-state index in [9.17, 15) is 4.79 Å². The molecule has 0 bridgehead atoms. The van der Waals surface area contributed by atoms with Crippen LogP contribution in [0.4, 0.5) is 0 Å². The Hall–Kier alpha value is -1.43. The monoisotopic (exact) mass is 196 g/mol. The second kappa shape index (κ2) is 3.75. The number of nitrogens with zero attached hydrogens (tertiary/aromatic N) is 3. The minimum absolute atomic E-state index is 0.00277. The first-order chi connectivity index (χ1) is 6.75. The summed E-state index contributed by atoms with van der Waals surface area (Å²) in [5.74, 6) is -1.03. The third kappa shape index (κ3) is 1.90. The molecule has 0 saturated carbocycles. The normalized spacial score (nSPS) is 21.3. The van der Waals surface area contributed by atoms with Gasteiger partial charge < -0.3 is 10.4 Å². The van der Waals surface area contributed by atoms with Crippen LogP contribution in [-0.2, 0) is 6.54 Å². The van der Waals surface area contributed by atoms with Crippen molar-refractivity contribution in [3.8, 4) is 0 Å². The molecule has 2 N–H and O–H groups in total. The number of rotatable bonds is 3. The fourth-order valence-electron chi connectivity index (χ4n) is 1.62. The molecule has 6 heteroatoms. The summed E-state index contributed by atoms with van der Waals surface area (Å²) in [5.41, 5.74) is 0.00277. The summed E-state index contributed by atoms with van der Waals surface area (Å²) >= 11 is 0. The van der Waals surface area contributed by atoms with Crippen LogP contribution in [0.1, 0.15) is 23.3 Å². The zero-order valence-corrected chi connectivity index (χ0v) is 7.68. The van der Waals surface area contributed by atoms with Crippen LogP contribution in [0.2, 0.25) is 0 Å². The number of nitrogens with one attached hydrogen (secondary N) is 1. The first kappa shape index (κ1) is 9.14. The van der Waals surface area contributed by atoms with Crippen LogP contribution < -0.4 is 5.32 Å². The first-order valence-corrected chi connectivity index (χ1v) is 4.62. The van der Waals surface area contributed by atoms with Gasteiger partial charge in [0.1, 0.15) is 0 Å². The number of carboxylic acids is 1. The van der Waals surface area contributed by atoms with Crippen LogP contribution in [0.15, 0.2) is 6.20 Å². The lowest BCUT2D eigenvalue weighted by molar-refractivity contribution is 0.0690. The number of aromatic carboxylic acids is 1. The number of hydrogen-bond donors (Lipinski definition) is 2. The molecule has 76 valence electrons. The summed E-state index contributed by atoms with van der Waals surface area (Å²) in [6.07, 6.45) is 3.75. The van der Waals surface area contributed by atoms with E-state index in [1.807, 2.05) is 0 Å². The predicted octanol–water partition coefficient (Wildman–Crippen LogP) is -0.272. The van der Waals surface area contributed by atoms with Crippen molar-refractivity contribution in [2.24, 2.45) is 0 Å². The Morgan fingerprint density at radius 3 is 3.21 bits per heavy atom. The topological polar surface area (TPSA) is 80.0 Å². The molecular weight excluding hydrogens is 184 g/mol. The van der Waals surface area contributed by atoms with Crippen LogP contribution in [-0.4, -0.2) is 38.7 Å². The highest BCUT2D eigenvalue weighted by Gasteiger charge is 2.16. The van der Waals surface area contributed by atoms with Gasteiger partial charge in [0.15, 0.2) is 5.69 Å². The SMILES string of the molecule is O=C(O)c1cn(C[C@H]2CCCN2)nn1. The lowest BCUT2D eigenvalue weighted by Crippen LogP contribution is -2.26. The molecule has 0 aliphatic carbocycles. The lowest BCUT2D eigenvalue weighted by atomic mass is 10.2. The molecule has 1 aromatic rings. The molecular formula is C8H12N4O2. The molecule has 2 heterocycles. The zero-order chi connectivity index (χ0) is 9.97. The van der Waals surface area contributed by atoms with Crippen molar-refractivity contribution in [2.45, 2.75) is 25.4 Å². The molecule has 1 atom stereocenters. The van der Waals surface area contributed by atoms with Crippen molar-refractivity contribution >= 4 is 5.97 Å². The Morgan fingerprint density at radius 2 is 2.64 bits per heavy atom. The molecule has 0 amide bonds. The quantitative estimate of drug-likeness (QED) is 0.695. The van der Waals surface area contributed by atoms with Gasteiger partial charge in [0.2, 0.25) is 0 Å². The minimum atomic E-state index is -1.03. The van der Waals surface area contributed by atoms with Crippen LogP contribution in [0.3, 0.4) is 0 Å². The number of hydrogen-bond acceptors (Lipinski definition) is 4. The van der Waals surface area contributed by atoms with Gasteiger partial charge in [-0.05, 0) is 19.4 Å². The first-order valence-electron chi connectivity index (χ1n) is 4.62. The van der Waals surface area contributed by atoms with Gasteiger partial charge in [-0.1, -0.05) is 5.21 Å². The van der Waals surface area contributed by atoms with Gasteiger partial charge in [0.05, 0.1) is 12.7 Å². The number of carboxylic acid groups (broad SMARTS) is 1. The van der Waals surface area contributed by atoms with Crippen molar-refractivity contribution in [1.29, 1.82) is 0 Å². The maximum Gasteiger partial charge on any atom is 0.358 e. The second-order valence-electron chi connectivity index (χ2n) is 3.42. The van der Waals surface area contributed by atoms with Gasteiger partial charge in [-0.15, -0.1) is 5.10 Å². The molecule has 6 nitrogen and oxygen atoms in total. The van der Waals surface area contributed by atoms with E-state index < -0.39 is 5.97 Å². The molecule has 0 aromatic carbocycles. The Balaban J connectivity index is 1.98. The summed E-state index contributed by atoms with van der Waals surface area (Å²) in [5, 5.41) is 19.2. The van der Waals surface area contributed by atoms with E-state index in [0.29, 0.717) is 12.6 Å². The molecule has 2 rings (SSSR count). The van der Waals surface area contributed by atoms with Crippen LogP contribution in [0, 0.1) is 0 Å². The summed E-state index contributed by atoms with van der Waals surface area (Å²) in [7, 11) is 0. The van der Waals surface area contributed by atoms with E-state index in [1.54, 1.807) is 4.68 Å². The standard InChI is InChI=1S/C8H12N4O2/c13-8(14)7-5-12(11-10-7)4-6-2-1-3-9-6/h5-6,9H,1-4H2,(H,13,14)/t6-/m1/s1. The van der Waals surface area contributed by atoms with Crippen LogP contribution in [0.25, 0.3) is 0 Å². The van der Waals surface area contributed by atoms with Crippen LogP contribution in [0.5, 0.6) is 0 Å². The molecule has 1 aromatic heterocycles. The Morgan fingerprint density at radius 1 is 1.79 bits per heavy atom. The molecule has 14 heavy (non-hydrogen) atoms. The van der Waals surface area contributed by atoms with Crippen molar-refractivity contribution in [3.63, 3.8) is 0 Å². The van der Waals surface area contributed by atoms with Gasteiger partial charge in [0.25, 0.3) is 0 Å². The Labute approximate surface area is 80.9 Å². The smallest absolute Gasteiger partial charge is 0.358 e. The molecule has 1 aliphatic rings. The Bertz CT molecular complexity index is 330. The maximum absolute atomic E-state index is 10.5. The van der Waals surface area contributed by atoms with Crippen molar-refractivity contribution in [3.05, 3.63) is 11.9 Å². The average Bonchev–Trinajstić information content (AvgIpc) is 2.75. The molecule has 1 fully saturated rings.